The molecule has 1 aliphatic heterocycles. The van der Waals surface area contributed by atoms with Crippen molar-refractivity contribution in [3.63, 3.8) is 0 Å². The zero-order valence-electron chi connectivity index (χ0n) is 12.8. The predicted molar refractivity (Wildman–Crippen MR) is 80.2 cm³/mol. The number of aromatic nitrogens is 2. The first-order valence-corrected chi connectivity index (χ1v) is 7.28. The highest BCUT2D eigenvalue weighted by molar-refractivity contribution is 5.66. The molecule has 0 amide bonds. The lowest BCUT2D eigenvalue weighted by Crippen LogP contribution is -2.30. The van der Waals surface area contributed by atoms with Crippen LogP contribution in [-0.4, -0.2) is 30.1 Å². The minimum Gasteiger partial charge on any atom is -0.385 e. The number of methoxy groups -OCH3 is 1. The van der Waals surface area contributed by atoms with E-state index in [0.717, 1.165) is 37.3 Å². The molecule has 0 radical (unpaired) electrons. The van der Waals surface area contributed by atoms with Crippen molar-refractivity contribution in [2.24, 2.45) is 10.4 Å². The van der Waals surface area contributed by atoms with Crippen molar-refractivity contribution in [1.29, 1.82) is 0 Å². The fraction of sp³-hybridized carbons (Fsp3) is 0.625. The van der Waals surface area contributed by atoms with E-state index in [0.29, 0.717) is 0 Å². The highest BCUT2D eigenvalue weighted by Gasteiger charge is 2.48. The Hall–Kier alpha value is -1.42. The third kappa shape index (κ3) is 2.03. The van der Waals surface area contributed by atoms with E-state index in [4.69, 9.17) is 9.73 Å². The lowest BCUT2D eigenvalue weighted by molar-refractivity contribution is 0.166. The van der Waals surface area contributed by atoms with Gasteiger partial charge in [-0.05, 0) is 33.6 Å². The van der Waals surface area contributed by atoms with Gasteiger partial charge < -0.3 is 4.74 Å². The maximum absolute atomic E-state index is 5.28. The molecule has 1 aromatic heterocycles. The molecule has 1 N–H and O–H groups in total. The molecule has 0 fully saturated rings. The predicted octanol–water partition coefficient (Wildman–Crippen LogP) is 2.93. The molecule has 2 unspecified atom stereocenters. The summed E-state index contributed by atoms with van der Waals surface area (Å²) in [6.45, 7) is 7.34. The Morgan fingerprint density at radius 1 is 1.40 bits per heavy atom. The summed E-state index contributed by atoms with van der Waals surface area (Å²) in [6.07, 6.45) is 7.29. The van der Waals surface area contributed by atoms with Crippen molar-refractivity contribution in [2.45, 2.75) is 45.6 Å². The lowest BCUT2D eigenvalue weighted by Gasteiger charge is -2.34. The number of H-pyrrole nitrogens is 1. The van der Waals surface area contributed by atoms with Gasteiger partial charge in [0.1, 0.15) is 0 Å². The Balaban J connectivity index is 1.87. The molecule has 0 aromatic carbocycles. The van der Waals surface area contributed by atoms with Gasteiger partial charge in [0.25, 0.3) is 0 Å². The fourth-order valence-corrected chi connectivity index (χ4v) is 3.70. The van der Waals surface area contributed by atoms with Gasteiger partial charge in [-0.15, -0.1) is 0 Å². The molecule has 4 heteroatoms. The SMILES string of the molecule is COCCC1(CC2(C)N=CCc3n[nH]c(C)c32)C=C1C. The number of aliphatic imine (C=N–C) groups is 1. The lowest BCUT2D eigenvalue weighted by atomic mass is 9.76. The minimum atomic E-state index is -0.174. The Morgan fingerprint density at radius 3 is 2.80 bits per heavy atom. The molecule has 20 heavy (non-hydrogen) atoms. The van der Waals surface area contributed by atoms with E-state index in [1.165, 1.54) is 11.1 Å². The molecule has 0 spiro atoms. The smallest absolute Gasteiger partial charge is 0.0871 e. The van der Waals surface area contributed by atoms with Crippen LogP contribution in [0.4, 0.5) is 0 Å². The molecule has 4 nitrogen and oxygen atoms in total. The topological polar surface area (TPSA) is 50.3 Å². The molecule has 108 valence electrons. The molecule has 2 atom stereocenters. The third-order valence-electron chi connectivity index (χ3n) is 4.83. The summed E-state index contributed by atoms with van der Waals surface area (Å²) in [5.41, 5.74) is 5.09. The monoisotopic (exact) mass is 273 g/mol. The van der Waals surface area contributed by atoms with Gasteiger partial charge in [-0.25, -0.2) is 0 Å². The second-order valence-corrected chi connectivity index (χ2v) is 6.36. The molecule has 2 aliphatic rings. The number of ether oxygens (including phenoxy) is 1. The highest BCUT2D eigenvalue weighted by atomic mass is 16.5. The second kappa shape index (κ2) is 4.55. The molecular weight excluding hydrogens is 250 g/mol. The molecule has 0 bridgehead atoms. The van der Waals surface area contributed by atoms with Crippen LogP contribution in [-0.2, 0) is 16.7 Å². The van der Waals surface area contributed by atoms with Crippen molar-refractivity contribution in [3.05, 3.63) is 28.6 Å². The van der Waals surface area contributed by atoms with E-state index >= 15 is 0 Å². The number of nitrogens with one attached hydrogen (secondary N) is 1. The van der Waals surface area contributed by atoms with Crippen molar-refractivity contribution in [2.75, 3.05) is 13.7 Å². The van der Waals surface area contributed by atoms with Crippen LogP contribution in [0.25, 0.3) is 0 Å². The van der Waals surface area contributed by atoms with Gasteiger partial charge in [-0.3, -0.25) is 10.1 Å². The molecule has 1 aromatic rings. The fourth-order valence-electron chi connectivity index (χ4n) is 3.70. The summed E-state index contributed by atoms with van der Waals surface area (Å²) in [4.78, 5) is 4.84. The van der Waals surface area contributed by atoms with Crippen molar-refractivity contribution >= 4 is 6.21 Å². The number of hydrogen-bond acceptors (Lipinski definition) is 3. The zero-order valence-corrected chi connectivity index (χ0v) is 12.8. The first kappa shape index (κ1) is 13.6. The van der Waals surface area contributed by atoms with Crippen LogP contribution >= 0.6 is 0 Å². The number of fused-ring (bicyclic) bond motifs is 1. The van der Waals surface area contributed by atoms with Crippen LogP contribution in [0.3, 0.4) is 0 Å². The maximum Gasteiger partial charge on any atom is 0.0871 e. The van der Waals surface area contributed by atoms with Gasteiger partial charge >= 0.3 is 0 Å². The van der Waals surface area contributed by atoms with E-state index in [-0.39, 0.29) is 11.0 Å². The number of hydrogen-bond donors (Lipinski definition) is 1. The zero-order chi connectivity index (χ0) is 14.4. The van der Waals surface area contributed by atoms with E-state index < -0.39 is 0 Å². The third-order valence-corrected chi connectivity index (χ3v) is 4.83. The van der Waals surface area contributed by atoms with Crippen LogP contribution < -0.4 is 0 Å². The highest BCUT2D eigenvalue weighted by Crippen LogP contribution is 2.55. The first-order chi connectivity index (χ1) is 9.51. The Labute approximate surface area is 120 Å². The summed E-state index contributed by atoms with van der Waals surface area (Å²) < 4.78 is 5.28. The summed E-state index contributed by atoms with van der Waals surface area (Å²) >= 11 is 0. The van der Waals surface area contributed by atoms with Crippen LogP contribution in [0.15, 0.2) is 16.6 Å². The van der Waals surface area contributed by atoms with Gasteiger partial charge in [0.05, 0.1) is 11.2 Å². The largest absolute Gasteiger partial charge is 0.385 e. The summed E-state index contributed by atoms with van der Waals surface area (Å²) in [5, 5.41) is 7.55. The average Bonchev–Trinajstić information content (AvgIpc) is 2.83. The normalized spacial score (nSPS) is 31.1. The number of aryl methyl sites for hydroxylation is 1. The first-order valence-electron chi connectivity index (χ1n) is 7.28. The molecule has 0 saturated carbocycles. The molecule has 2 heterocycles. The van der Waals surface area contributed by atoms with Crippen molar-refractivity contribution in [1.82, 2.24) is 10.2 Å². The van der Waals surface area contributed by atoms with E-state index in [1.54, 1.807) is 7.11 Å². The molecule has 0 saturated heterocycles. The molecule has 1 aliphatic carbocycles. The standard InChI is InChI=1S/C16H23N3O/c1-11-9-16(11,6-8-20-4)10-15(3)14-12(2)18-19-13(14)5-7-17-15/h7,9H,5-6,8,10H2,1-4H3,(H,18,19). The number of nitrogens with zero attached hydrogens (tertiary/aromatic N) is 2. The van der Waals surface area contributed by atoms with Crippen molar-refractivity contribution < 1.29 is 4.74 Å². The van der Waals surface area contributed by atoms with Gasteiger partial charge in [0, 0.05) is 43.0 Å². The quantitative estimate of drug-likeness (QED) is 0.839. The van der Waals surface area contributed by atoms with E-state index in [9.17, 15) is 0 Å². The summed E-state index contributed by atoms with van der Waals surface area (Å²) in [5.74, 6) is 0. The van der Waals surface area contributed by atoms with Crippen LogP contribution in [0.2, 0.25) is 0 Å². The Kier molecular flexibility index (Phi) is 3.09. The second-order valence-electron chi connectivity index (χ2n) is 6.36. The Bertz CT molecular complexity index is 587. The average molecular weight is 273 g/mol. The van der Waals surface area contributed by atoms with Crippen LogP contribution in [0.1, 0.15) is 43.6 Å². The maximum atomic E-state index is 5.28. The van der Waals surface area contributed by atoms with E-state index in [2.05, 4.69) is 37.0 Å². The number of allylic oxidation sites excluding steroid dienone is 2. The summed E-state index contributed by atoms with van der Waals surface area (Å²) in [7, 11) is 1.77. The van der Waals surface area contributed by atoms with Gasteiger partial charge in [-0.1, -0.05) is 11.6 Å². The van der Waals surface area contributed by atoms with Gasteiger partial charge in [-0.2, -0.15) is 5.10 Å². The van der Waals surface area contributed by atoms with Crippen molar-refractivity contribution in [3.8, 4) is 0 Å². The minimum absolute atomic E-state index is 0.174. The molecular formula is C16H23N3O. The van der Waals surface area contributed by atoms with Crippen LogP contribution in [0, 0.1) is 12.3 Å². The van der Waals surface area contributed by atoms with Gasteiger partial charge in [0.2, 0.25) is 0 Å². The molecule has 3 rings (SSSR count). The Morgan fingerprint density at radius 2 is 2.15 bits per heavy atom. The number of aromatic amines is 1. The number of rotatable bonds is 5. The van der Waals surface area contributed by atoms with Crippen LogP contribution in [0.5, 0.6) is 0 Å². The van der Waals surface area contributed by atoms with E-state index in [1.807, 2.05) is 6.21 Å². The summed E-state index contributed by atoms with van der Waals surface area (Å²) in [6, 6.07) is 0. The van der Waals surface area contributed by atoms with Gasteiger partial charge in [0.15, 0.2) is 0 Å².